The third-order valence-electron chi connectivity index (χ3n) is 2.19. The second-order valence-corrected chi connectivity index (χ2v) is 5.47. The van der Waals surface area contributed by atoms with Crippen molar-refractivity contribution in [3.63, 3.8) is 0 Å². The van der Waals surface area contributed by atoms with Crippen molar-refractivity contribution in [2.24, 2.45) is 10.7 Å². The SMILES string of the molecule is CC=CN=C(N)[C](=[W])C(=S)Nc1ccccc1C. The van der Waals surface area contributed by atoms with Crippen molar-refractivity contribution < 1.29 is 19.4 Å². The van der Waals surface area contributed by atoms with Gasteiger partial charge in [-0.25, -0.2) is 0 Å². The van der Waals surface area contributed by atoms with Gasteiger partial charge in [0.15, 0.2) is 0 Å². The number of allylic oxidation sites excluding steroid dienone is 1. The van der Waals surface area contributed by atoms with Gasteiger partial charge < -0.3 is 0 Å². The molecule has 0 aromatic heterocycles. The number of aryl methyl sites for hydroxylation is 1. The molecule has 1 aromatic rings. The summed E-state index contributed by atoms with van der Waals surface area (Å²) < 4.78 is 0.853. The van der Waals surface area contributed by atoms with Crippen LogP contribution in [0, 0.1) is 6.92 Å². The van der Waals surface area contributed by atoms with Crippen LogP contribution in [0.4, 0.5) is 5.69 Å². The Labute approximate surface area is 124 Å². The summed E-state index contributed by atoms with van der Waals surface area (Å²) in [4.78, 5) is 4.73. The van der Waals surface area contributed by atoms with E-state index in [9.17, 15) is 0 Å². The number of nitrogens with zero attached hydrogens (tertiary/aromatic N) is 1. The van der Waals surface area contributed by atoms with Crippen molar-refractivity contribution >= 4 is 32.6 Å². The van der Waals surface area contributed by atoms with E-state index < -0.39 is 0 Å². The molecule has 0 saturated carbocycles. The first-order chi connectivity index (χ1) is 8.56. The van der Waals surface area contributed by atoms with E-state index in [-0.39, 0.29) is 0 Å². The van der Waals surface area contributed by atoms with Gasteiger partial charge in [0.1, 0.15) is 0 Å². The maximum atomic E-state index is 5.85. The number of benzene rings is 1. The zero-order chi connectivity index (χ0) is 13.5. The van der Waals surface area contributed by atoms with Gasteiger partial charge in [-0.2, -0.15) is 0 Å². The summed E-state index contributed by atoms with van der Waals surface area (Å²) in [6.07, 6.45) is 3.49. The summed E-state index contributed by atoms with van der Waals surface area (Å²) in [6, 6.07) is 7.98. The summed E-state index contributed by atoms with van der Waals surface area (Å²) in [5, 5.41) is 3.20. The van der Waals surface area contributed by atoms with Crippen molar-refractivity contribution in [3.8, 4) is 0 Å². The molecule has 0 bridgehead atoms. The predicted octanol–water partition coefficient (Wildman–Crippen LogP) is 2.34. The summed E-state index contributed by atoms with van der Waals surface area (Å²) in [5.74, 6) is 0.467. The number of rotatable bonds is 4. The Kier molecular flexibility index (Phi) is 6.09. The topological polar surface area (TPSA) is 50.4 Å². The molecule has 5 heteroatoms. The number of hydrogen-bond donors (Lipinski definition) is 2. The second kappa shape index (κ2) is 7.34. The van der Waals surface area contributed by atoms with Gasteiger partial charge >= 0.3 is 124 Å². The van der Waals surface area contributed by atoms with Crippen LogP contribution in [0.15, 0.2) is 41.5 Å². The van der Waals surface area contributed by atoms with Crippen LogP contribution in [-0.2, 0) is 19.4 Å². The first kappa shape index (κ1) is 14.9. The van der Waals surface area contributed by atoms with Crippen LogP contribution in [0.3, 0.4) is 0 Å². The Morgan fingerprint density at radius 1 is 1.44 bits per heavy atom. The van der Waals surface area contributed by atoms with Crippen LogP contribution in [0.2, 0.25) is 0 Å². The van der Waals surface area contributed by atoms with Gasteiger partial charge in [0.2, 0.25) is 0 Å². The first-order valence-corrected chi connectivity index (χ1v) is 7.29. The number of nitrogens with one attached hydrogen (secondary N) is 1. The minimum absolute atomic E-state index is 0.467. The molecule has 0 unspecified atom stereocenters. The van der Waals surface area contributed by atoms with E-state index in [0.717, 1.165) is 15.1 Å². The molecule has 0 aliphatic heterocycles. The van der Waals surface area contributed by atoms with Crippen LogP contribution >= 0.6 is 12.2 Å². The molecular weight excluding hydrogens is 414 g/mol. The fourth-order valence-electron chi connectivity index (χ4n) is 1.22. The molecule has 3 nitrogen and oxygen atoms in total. The Balaban J connectivity index is 2.78. The molecular formula is C13H15N3SW. The zero-order valence-corrected chi connectivity index (χ0v) is 14.1. The molecule has 0 aliphatic rings. The third kappa shape index (κ3) is 4.28. The molecule has 0 saturated heterocycles. The predicted molar refractivity (Wildman–Crippen MR) is 78.8 cm³/mol. The summed E-state index contributed by atoms with van der Waals surface area (Å²) in [7, 11) is 0. The van der Waals surface area contributed by atoms with E-state index in [4.69, 9.17) is 18.0 Å². The second-order valence-electron chi connectivity index (χ2n) is 3.59. The number of aliphatic imine (C=N–C) groups is 1. The molecule has 1 rings (SSSR count). The monoisotopic (exact) mass is 429 g/mol. The van der Waals surface area contributed by atoms with E-state index in [2.05, 4.69) is 10.3 Å². The van der Waals surface area contributed by atoms with Gasteiger partial charge in [0.05, 0.1) is 0 Å². The molecule has 94 valence electrons. The number of hydrogen-bond acceptors (Lipinski definition) is 2. The Morgan fingerprint density at radius 3 is 2.72 bits per heavy atom. The third-order valence-corrected chi connectivity index (χ3v) is 4.50. The van der Waals surface area contributed by atoms with Crippen molar-refractivity contribution in [2.45, 2.75) is 13.8 Å². The maximum absolute atomic E-state index is 5.85. The van der Waals surface area contributed by atoms with Crippen molar-refractivity contribution in [1.29, 1.82) is 0 Å². The van der Waals surface area contributed by atoms with Crippen molar-refractivity contribution in [3.05, 3.63) is 42.1 Å². The molecule has 0 atom stereocenters. The quantitative estimate of drug-likeness (QED) is 0.439. The number of anilines is 1. The van der Waals surface area contributed by atoms with E-state index in [0.29, 0.717) is 10.8 Å². The van der Waals surface area contributed by atoms with Crippen molar-refractivity contribution in [2.75, 3.05) is 5.32 Å². The number of amidine groups is 1. The van der Waals surface area contributed by atoms with Crippen LogP contribution in [0.1, 0.15) is 12.5 Å². The Bertz CT molecular complexity index is 521. The molecule has 1 aromatic carbocycles. The Morgan fingerprint density at radius 2 is 2.11 bits per heavy atom. The molecule has 0 fully saturated rings. The average molecular weight is 429 g/mol. The molecule has 0 radical (unpaired) electrons. The zero-order valence-electron chi connectivity index (χ0n) is 10.3. The number of thiocarbonyl (C=S) groups is 1. The Hall–Kier alpha value is -1.12. The van der Waals surface area contributed by atoms with E-state index in [1.54, 1.807) is 6.20 Å². The van der Waals surface area contributed by atoms with E-state index >= 15 is 0 Å². The van der Waals surface area contributed by atoms with Crippen LogP contribution < -0.4 is 11.1 Å². The van der Waals surface area contributed by atoms with Crippen molar-refractivity contribution in [1.82, 2.24) is 0 Å². The van der Waals surface area contributed by atoms with Crippen LogP contribution in [0.5, 0.6) is 0 Å². The summed E-state index contributed by atoms with van der Waals surface area (Å²) >= 11 is 6.53. The van der Waals surface area contributed by atoms with Gasteiger partial charge in [-0.1, -0.05) is 0 Å². The first-order valence-electron chi connectivity index (χ1n) is 5.42. The summed E-state index contributed by atoms with van der Waals surface area (Å²) in [6.45, 7) is 3.92. The van der Waals surface area contributed by atoms with Gasteiger partial charge in [0, 0.05) is 0 Å². The van der Waals surface area contributed by atoms with Gasteiger partial charge in [0.25, 0.3) is 0 Å². The minimum atomic E-state index is 0.467. The normalized spacial score (nSPS) is 11.6. The molecule has 18 heavy (non-hydrogen) atoms. The number of nitrogens with two attached hydrogens (primary N) is 1. The van der Waals surface area contributed by atoms with Gasteiger partial charge in [-0.3, -0.25) is 0 Å². The molecule has 0 heterocycles. The molecule has 0 aliphatic carbocycles. The van der Waals surface area contributed by atoms with Gasteiger partial charge in [-0.05, 0) is 0 Å². The van der Waals surface area contributed by atoms with E-state index in [1.807, 2.05) is 44.2 Å². The number of para-hydroxylation sites is 1. The standard InChI is InChI=1S/C13H15N3S.W/c1-3-8-15-12(14)9-13(17)16-11-7-5-4-6-10(11)2;/h3-8H,1-2H3,(H2,14,15)(H,16,17);. The molecule has 0 amide bonds. The van der Waals surface area contributed by atoms with Gasteiger partial charge in [-0.15, -0.1) is 0 Å². The van der Waals surface area contributed by atoms with Crippen LogP contribution in [-0.4, -0.2) is 14.7 Å². The molecule has 3 N–H and O–H groups in total. The van der Waals surface area contributed by atoms with Crippen LogP contribution in [0.25, 0.3) is 0 Å². The summed E-state index contributed by atoms with van der Waals surface area (Å²) in [5.41, 5.74) is 8.00. The fraction of sp³-hybridized carbons (Fsp3) is 0.154. The molecule has 0 spiro atoms. The fourth-order valence-corrected chi connectivity index (χ4v) is 1.81. The average Bonchev–Trinajstić information content (AvgIpc) is 2.37. The van der Waals surface area contributed by atoms with E-state index in [1.165, 1.54) is 19.4 Å².